The molecule has 0 atom stereocenters. The average molecular weight is 535 g/mol. The van der Waals surface area contributed by atoms with E-state index in [0.29, 0.717) is 17.5 Å². The van der Waals surface area contributed by atoms with Crippen LogP contribution in [-0.4, -0.2) is 4.57 Å². The molecule has 0 unspecified atom stereocenters. The lowest BCUT2D eigenvalue weighted by atomic mass is 9.88. The van der Waals surface area contributed by atoms with Crippen LogP contribution in [-0.2, 0) is 7.05 Å². The molecule has 0 radical (unpaired) electrons. The molecule has 0 N–H and O–H groups in total. The highest BCUT2D eigenvalue weighted by Crippen LogP contribution is 2.39. The molecule has 41 heavy (non-hydrogen) atoms. The van der Waals surface area contributed by atoms with Crippen molar-refractivity contribution in [3.63, 3.8) is 0 Å². The number of fused-ring (bicyclic) bond motifs is 2. The van der Waals surface area contributed by atoms with Crippen molar-refractivity contribution in [3.05, 3.63) is 125 Å². The molecule has 6 aromatic rings. The van der Waals surface area contributed by atoms with Crippen molar-refractivity contribution >= 4 is 27.5 Å². The number of imidazole rings is 1. The van der Waals surface area contributed by atoms with Gasteiger partial charge in [0.15, 0.2) is 16.7 Å². The van der Waals surface area contributed by atoms with Gasteiger partial charge in [0.1, 0.15) is 5.69 Å². The van der Waals surface area contributed by atoms with Gasteiger partial charge in [0.25, 0.3) is 5.82 Å². The molecule has 6 rings (SSSR count). The second-order valence-corrected chi connectivity index (χ2v) is 11.7. The summed E-state index contributed by atoms with van der Waals surface area (Å²) in [6.07, 6.45) is 0. The van der Waals surface area contributed by atoms with Crippen LogP contribution in [0.3, 0.4) is 0 Å². The summed E-state index contributed by atoms with van der Waals surface area (Å²) >= 11 is 0. The van der Waals surface area contributed by atoms with Crippen LogP contribution >= 0.6 is 0 Å². The summed E-state index contributed by atoms with van der Waals surface area (Å²) in [4.78, 5) is 3.78. The van der Waals surface area contributed by atoms with Crippen molar-refractivity contribution in [2.24, 2.45) is 7.05 Å². The fraction of sp³-hybridized carbons (Fsp3) is 0.211. The fourth-order valence-electron chi connectivity index (χ4n) is 6.22. The molecule has 202 valence electrons. The van der Waals surface area contributed by atoms with Crippen molar-refractivity contribution in [1.29, 1.82) is 0 Å². The summed E-state index contributed by atoms with van der Waals surface area (Å²) in [5, 5.41) is 2.45. The van der Waals surface area contributed by atoms with Gasteiger partial charge in [-0.1, -0.05) is 100 Å². The molecule has 0 aliphatic heterocycles. The maximum absolute atomic E-state index is 7.72. The molecule has 3 nitrogen and oxygen atoms in total. The topological polar surface area (TPSA) is 13.2 Å². The van der Waals surface area contributed by atoms with Gasteiger partial charge in [0.05, 0.1) is 19.2 Å². The van der Waals surface area contributed by atoms with Gasteiger partial charge in [-0.25, -0.2) is 9.41 Å². The largest absolute Gasteiger partial charge is 0.295 e. The Hall–Kier alpha value is -4.68. The molecule has 5 aromatic carbocycles. The quantitative estimate of drug-likeness (QED) is 0.154. The maximum atomic E-state index is 7.72. The summed E-state index contributed by atoms with van der Waals surface area (Å²) in [7, 11) is 2.14. The molecular weight excluding hydrogens is 498 g/mol. The first-order valence-electron chi connectivity index (χ1n) is 14.4. The van der Waals surface area contributed by atoms with Gasteiger partial charge in [0.2, 0.25) is 0 Å². The smallest absolute Gasteiger partial charge is 0.238 e. The number of hydrogen-bond acceptors (Lipinski definition) is 0. The van der Waals surface area contributed by atoms with E-state index in [1.165, 1.54) is 49.8 Å². The number of aromatic nitrogens is 2. The number of rotatable bonds is 5. The predicted octanol–water partition coefficient (Wildman–Crippen LogP) is 10.0. The van der Waals surface area contributed by atoms with E-state index in [1.807, 2.05) is 12.1 Å². The summed E-state index contributed by atoms with van der Waals surface area (Å²) in [5.41, 5.74) is 11.6. The van der Waals surface area contributed by atoms with E-state index in [2.05, 4.69) is 141 Å². The van der Waals surface area contributed by atoms with Gasteiger partial charge in [-0.2, -0.15) is 4.57 Å². The van der Waals surface area contributed by atoms with E-state index in [0.717, 1.165) is 16.9 Å². The van der Waals surface area contributed by atoms with Crippen LogP contribution < -0.4 is 4.57 Å². The van der Waals surface area contributed by atoms with Crippen LogP contribution in [0.25, 0.3) is 54.9 Å². The molecule has 0 spiro atoms. The van der Waals surface area contributed by atoms with Crippen LogP contribution in [0.4, 0.5) is 5.69 Å². The van der Waals surface area contributed by atoms with Crippen molar-refractivity contribution in [2.75, 3.05) is 0 Å². The van der Waals surface area contributed by atoms with Crippen molar-refractivity contribution < 1.29 is 4.57 Å². The Morgan fingerprint density at radius 1 is 0.732 bits per heavy atom. The second-order valence-electron chi connectivity index (χ2n) is 11.7. The number of hydrogen-bond donors (Lipinski definition) is 0. The molecule has 0 saturated carbocycles. The van der Waals surface area contributed by atoms with Gasteiger partial charge < -0.3 is 0 Å². The first kappa shape index (κ1) is 26.5. The summed E-state index contributed by atoms with van der Waals surface area (Å²) in [5.74, 6) is 1.74. The molecule has 0 fully saturated rings. The molecule has 1 aromatic heterocycles. The van der Waals surface area contributed by atoms with Crippen LogP contribution in [0.15, 0.2) is 97.1 Å². The van der Waals surface area contributed by atoms with Gasteiger partial charge in [-0.3, -0.25) is 0 Å². The molecular formula is C38H36N3+. The molecule has 0 aliphatic carbocycles. The van der Waals surface area contributed by atoms with Crippen molar-refractivity contribution in [1.82, 2.24) is 4.57 Å². The lowest BCUT2D eigenvalue weighted by molar-refractivity contribution is -0.557. The van der Waals surface area contributed by atoms with Crippen LogP contribution in [0.2, 0.25) is 0 Å². The monoisotopic (exact) mass is 534 g/mol. The Labute approximate surface area is 243 Å². The van der Waals surface area contributed by atoms with E-state index < -0.39 is 0 Å². The highest BCUT2D eigenvalue weighted by atomic mass is 15.2. The first-order valence-corrected chi connectivity index (χ1v) is 14.4. The fourth-order valence-corrected chi connectivity index (χ4v) is 6.22. The Bertz CT molecular complexity index is 1940. The number of benzene rings is 5. The molecule has 0 amide bonds. The Morgan fingerprint density at radius 3 is 2.05 bits per heavy atom. The molecule has 1 heterocycles. The minimum Gasteiger partial charge on any atom is -0.238 e. The zero-order valence-corrected chi connectivity index (χ0v) is 24.7. The summed E-state index contributed by atoms with van der Waals surface area (Å²) in [6, 6.07) is 34.7. The van der Waals surface area contributed by atoms with E-state index in [1.54, 1.807) is 0 Å². The van der Waals surface area contributed by atoms with Crippen LogP contribution in [0.1, 0.15) is 56.2 Å². The zero-order chi connectivity index (χ0) is 28.8. The van der Waals surface area contributed by atoms with E-state index >= 15 is 0 Å². The van der Waals surface area contributed by atoms with Crippen molar-refractivity contribution in [2.45, 2.75) is 46.5 Å². The van der Waals surface area contributed by atoms with E-state index in [-0.39, 0.29) is 0 Å². The van der Waals surface area contributed by atoms with E-state index in [4.69, 9.17) is 6.57 Å². The third-order valence-electron chi connectivity index (χ3n) is 8.32. The Morgan fingerprint density at radius 2 is 1.39 bits per heavy atom. The third kappa shape index (κ3) is 4.41. The Kier molecular flexibility index (Phi) is 6.72. The maximum Gasteiger partial charge on any atom is 0.295 e. The molecule has 0 aliphatic rings. The van der Waals surface area contributed by atoms with Gasteiger partial charge in [-0.05, 0) is 70.5 Å². The SMILES string of the molecule is [C-]#[N+]c1ccc2c(c1)n(C)c(-c1c(C)ccc3ccccc13)[n+]2-c1c(C(C)C)cc(-c2ccccc2)cc1C(C)C. The zero-order valence-electron chi connectivity index (χ0n) is 24.7. The number of nitrogens with zero attached hydrogens (tertiary/aromatic N) is 3. The van der Waals surface area contributed by atoms with Crippen LogP contribution in [0.5, 0.6) is 0 Å². The predicted molar refractivity (Wildman–Crippen MR) is 172 cm³/mol. The lowest BCUT2D eigenvalue weighted by Crippen LogP contribution is -2.36. The third-order valence-corrected chi connectivity index (χ3v) is 8.32. The molecule has 0 saturated heterocycles. The standard InChI is InChI=1S/C38H36N3/c1-24(2)32-21-29(27-13-9-8-10-14-27)22-33(25(3)4)37(32)41-34-20-19-30(39-6)23-35(34)40(7)38(41)36-26(5)17-18-28-15-11-12-16-31(28)36/h8-25H,1-5,7H3/q+1. The second kappa shape index (κ2) is 10.4. The first-order chi connectivity index (χ1) is 19.8. The number of aryl methyl sites for hydroxylation is 2. The molecule has 0 bridgehead atoms. The lowest BCUT2D eigenvalue weighted by Gasteiger charge is -2.21. The van der Waals surface area contributed by atoms with E-state index in [9.17, 15) is 0 Å². The Balaban J connectivity index is 1.82. The summed E-state index contributed by atoms with van der Waals surface area (Å²) < 4.78 is 4.77. The van der Waals surface area contributed by atoms with Crippen molar-refractivity contribution in [3.8, 4) is 28.2 Å². The normalized spacial score (nSPS) is 11.6. The minimum absolute atomic E-state index is 0.304. The minimum atomic E-state index is 0.304. The van der Waals surface area contributed by atoms with Gasteiger partial charge in [-0.15, -0.1) is 0 Å². The average Bonchev–Trinajstić information content (AvgIpc) is 3.27. The van der Waals surface area contributed by atoms with Crippen LogP contribution in [0, 0.1) is 13.5 Å². The highest BCUT2D eigenvalue weighted by Gasteiger charge is 2.33. The summed E-state index contributed by atoms with van der Waals surface area (Å²) in [6.45, 7) is 19.1. The molecule has 3 heteroatoms. The van der Waals surface area contributed by atoms with Gasteiger partial charge >= 0.3 is 0 Å². The highest BCUT2D eigenvalue weighted by molar-refractivity contribution is 5.97. The van der Waals surface area contributed by atoms with Gasteiger partial charge in [0, 0.05) is 11.1 Å².